The summed E-state index contributed by atoms with van der Waals surface area (Å²) >= 11 is 0. The van der Waals surface area contributed by atoms with Crippen LogP contribution in [0.2, 0.25) is 0 Å². The van der Waals surface area contributed by atoms with Crippen molar-refractivity contribution in [2.24, 2.45) is 11.7 Å². The fourth-order valence-electron chi connectivity index (χ4n) is 1.22. The van der Waals surface area contributed by atoms with Crippen molar-refractivity contribution in [3.8, 4) is 0 Å². The summed E-state index contributed by atoms with van der Waals surface area (Å²) in [6.07, 6.45) is 3.86. The Balaban J connectivity index is 3.39. The van der Waals surface area contributed by atoms with Gasteiger partial charge in [-0.15, -0.1) is 0 Å². The van der Waals surface area contributed by atoms with Crippen LogP contribution in [0.3, 0.4) is 0 Å². The number of carbonyl (C=O) groups is 1. The zero-order chi connectivity index (χ0) is 11.7. The molecule has 0 aliphatic heterocycles. The van der Waals surface area contributed by atoms with Gasteiger partial charge in [0.1, 0.15) is 0 Å². The average Bonchev–Trinajstić information content (AvgIpc) is 2.21. The fourth-order valence-corrected chi connectivity index (χ4v) is 1.22. The zero-order valence-electron chi connectivity index (χ0n) is 9.83. The molecule has 1 amide bonds. The molecule has 0 fully saturated rings. The standard InChI is InChI=1S/C11H24N2O2/c1-9(2)10(12)11(15)13-7-5-3-4-6-8-14/h9-10,14H,3-8,12H2,1-2H3,(H,13,15). The van der Waals surface area contributed by atoms with Crippen molar-refractivity contribution in [1.29, 1.82) is 0 Å². The highest BCUT2D eigenvalue weighted by molar-refractivity contribution is 5.81. The van der Waals surface area contributed by atoms with Crippen molar-refractivity contribution in [2.75, 3.05) is 13.2 Å². The van der Waals surface area contributed by atoms with E-state index >= 15 is 0 Å². The van der Waals surface area contributed by atoms with E-state index in [9.17, 15) is 4.79 Å². The number of carbonyl (C=O) groups excluding carboxylic acids is 1. The lowest BCUT2D eigenvalue weighted by Gasteiger charge is -2.15. The first kappa shape index (κ1) is 14.4. The van der Waals surface area contributed by atoms with Gasteiger partial charge in [-0.2, -0.15) is 0 Å². The molecule has 0 radical (unpaired) electrons. The van der Waals surface area contributed by atoms with Gasteiger partial charge < -0.3 is 16.2 Å². The molecule has 0 aliphatic carbocycles. The number of amides is 1. The average molecular weight is 216 g/mol. The molecule has 4 N–H and O–H groups in total. The highest BCUT2D eigenvalue weighted by atomic mass is 16.2. The number of rotatable bonds is 8. The first-order chi connectivity index (χ1) is 7.09. The van der Waals surface area contributed by atoms with E-state index in [-0.39, 0.29) is 18.4 Å². The largest absolute Gasteiger partial charge is 0.396 e. The lowest BCUT2D eigenvalue weighted by molar-refractivity contribution is -0.123. The van der Waals surface area contributed by atoms with Crippen LogP contribution >= 0.6 is 0 Å². The summed E-state index contributed by atoms with van der Waals surface area (Å²) in [6, 6.07) is -0.401. The van der Waals surface area contributed by atoms with Gasteiger partial charge in [-0.05, 0) is 18.8 Å². The first-order valence-corrected chi connectivity index (χ1v) is 5.73. The molecule has 0 heterocycles. The molecule has 1 unspecified atom stereocenters. The van der Waals surface area contributed by atoms with E-state index in [1.165, 1.54) is 0 Å². The van der Waals surface area contributed by atoms with Gasteiger partial charge in [0.15, 0.2) is 0 Å². The molecule has 90 valence electrons. The maximum Gasteiger partial charge on any atom is 0.237 e. The predicted molar refractivity (Wildman–Crippen MR) is 61.4 cm³/mol. The van der Waals surface area contributed by atoms with E-state index in [0.29, 0.717) is 6.54 Å². The van der Waals surface area contributed by atoms with Gasteiger partial charge in [0.25, 0.3) is 0 Å². The van der Waals surface area contributed by atoms with E-state index in [0.717, 1.165) is 25.7 Å². The lowest BCUT2D eigenvalue weighted by Crippen LogP contribution is -2.44. The third kappa shape index (κ3) is 7.33. The summed E-state index contributed by atoms with van der Waals surface area (Å²) in [7, 11) is 0. The minimum absolute atomic E-state index is 0.0628. The summed E-state index contributed by atoms with van der Waals surface area (Å²) < 4.78 is 0. The molecular weight excluding hydrogens is 192 g/mol. The smallest absolute Gasteiger partial charge is 0.237 e. The Morgan fingerprint density at radius 1 is 1.27 bits per heavy atom. The highest BCUT2D eigenvalue weighted by Crippen LogP contribution is 2.00. The maximum absolute atomic E-state index is 11.4. The van der Waals surface area contributed by atoms with Gasteiger partial charge in [-0.3, -0.25) is 4.79 Å². The number of hydrogen-bond acceptors (Lipinski definition) is 3. The molecule has 1 atom stereocenters. The van der Waals surface area contributed by atoms with Gasteiger partial charge in [-0.25, -0.2) is 0 Å². The van der Waals surface area contributed by atoms with Crippen LogP contribution in [0.4, 0.5) is 0 Å². The summed E-state index contributed by atoms with van der Waals surface area (Å²) in [6.45, 7) is 4.81. The number of aliphatic hydroxyl groups excluding tert-OH is 1. The normalized spacial score (nSPS) is 12.9. The van der Waals surface area contributed by atoms with Crippen molar-refractivity contribution >= 4 is 5.91 Å². The molecule has 0 saturated carbocycles. The fraction of sp³-hybridized carbons (Fsp3) is 0.909. The number of hydrogen-bond donors (Lipinski definition) is 3. The summed E-state index contributed by atoms with van der Waals surface area (Å²) in [4.78, 5) is 11.4. The summed E-state index contributed by atoms with van der Waals surface area (Å²) in [5.41, 5.74) is 5.68. The maximum atomic E-state index is 11.4. The van der Waals surface area contributed by atoms with E-state index in [1.54, 1.807) is 0 Å². The molecule has 0 aromatic carbocycles. The van der Waals surface area contributed by atoms with Crippen LogP contribution in [0.1, 0.15) is 39.5 Å². The molecule has 0 aromatic rings. The molecule has 0 rings (SSSR count). The monoisotopic (exact) mass is 216 g/mol. The molecular formula is C11H24N2O2. The third-order valence-electron chi connectivity index (χ3n) is 2.41. The van der Waals surface area contributed by atoms with E-state index in [4.69, 9.17) is 10.8 Å². The van der Waals surface area contributed by atoms with Crippen LogP contribution in [0, 0.1) is 5.92 Å². The Hall–Kier alpha value is -0.610. The molecule has 4 nitrogen and oxygen atoms in total. The molecule has 0 spiro atoms. The van der Waals surface area contributed by atoms with Gasteiger partial charge in [0.2, 0.25) is 5.91 Å². The Bertz CT molecular complexity index is 172. The Kier molecular flexibility index (Phi) is 8.33. The van der Waals surface area contributed by atoms with Gasteiger partial charge in [-0.1, -0.05) is 26.7 Å². The second-order valence-electron chi connectivity index (χ2n) is 4.20. The third-order valence-corrected chi connectivity index (χ3v) is 2.41. The van der Waals surface area contributed by atoms with Crippen molar-refractivity contribution in [1.82, 2.24) is 5.32 Å². The second-order valence-corrected chi connectivity index (χ2v) is 4.20. The Labute approximate surface area is 92.2 Å². The van der Waals surface area contributed by atoms with Gasteiger partial charge in [0.05, 0.1) is 6.04 Å². The SMILES string of the molecule is CC(C)C(N)C(=O)NCCCCCCO. The number of aliphatic hydroxyl groups is 1. The number of nitrogens with two attached hydrogens (primary N) is 1. The minimum Gasteiger partial charge on any atom is -0.396 e. The molecule has 0 aromatic heterocycles. The van der Waals surface area contributed by atoms with Crippen LogP contribution in [-0.2, 0) is 4.79 Å². The minimum atomic E-state index is -0.401. The topological polar surface area (TPSA) is 75.4 Å². The van der Waals surface area contributed by atoms with E-state index in [2.05, 4.69) is 5.32 Å². The number of unbranched alkanes of at least 4 members (excludes halogenated alkanes) is 3. The van der Waals surface area contributed by atoms with Crippen LogP contribution < -0.4 is 11.1 Å². The molecule has 15 heavy (non-hydrogen) atoms. The quantitative estimate of drug-likeness (QED) is 0.521. The summed E-state index contributed by atoms with van der Waals surface area (Å²) in [5.74, 6) is 0.117. The molecule has 0 aliphatic rings. The van der Waals surface area contributed by atoms with E-state index < -0.39 is 6.04 Å². The van der Waals surface area contributed by atoms with Crippen LogP contribution in [0.25, 0.3) is 0 Å². The predicted octanol–water partition coefficient (Wildman–Crippen LogP) is 0.639. The van der Waals surface area contributed by atoms with Crippen LogP contribution in [-0.4, -0.2) is 30.2 Å². The number of nitrogens with one attached hydrogen (secondary N) is 1. The van der Waals surface area contributed by atoms with Gasteiger partial charge >= 0.3 is 0 Å². The van der Waals surface area contributed by atoms with Crippen molar-refractivity contribution in [2.45, 2.75) is 45.6 Å². The molecule has 0 saturated heterocycles. The van der Waals surface area contributed by atoms with Crippen LogP contribution in [0.5, 0.6) is 0 Å². The Morgan fingerprint density at radius 2 is 1.87 bits per heavy atom. The molecule has 0 bridgehead atoms. The lowest BCUT2D eigenvalue weighted by atomic mass is 10.1. The highest BCUT2D eigenvalue weighted by Gasteiger charge is 2.15. The van der Waals surface area contributed by atoms with Crippen molar-refractivity contribution in [3.63, 3.8) is 0 Å². The van der Waals surface area contributed by atoms with Crippen molar-refractivity contribution in [3.05, 3.63) is 0 Å². The van der Waals surface area contributed by atoms with Gasteiger partial charge in [0, 0.05) is 13.2 Å². The summed E-state index contributed by atoms with van der Waals surface area (Å²) in [5, 5.41) is 11.4. The zero-order valence-corrected chi connectivity index (χ0v) is 9.83. The first-order valence-electron chi connectivity index (χ1n) is 5.73. The van der Waals surface area contributed by atoms with E-state index in [1.807, 2.05) is 13.8 Å². The second kappa shape index (κ2) is 8.68. The molecule has 4 heteroatoms. The van der Waals surface area contributed by atoms with Crippen LogP contribution in [0.15, 0.2) is 0 Å². The van der Waals surface area contributed by atoms with Crippen molar-refractivity contribution < 1.29 is 9.90 Å². The Morgan fingerprint density at radius 3 is 2.40 bits per heavy atom.